The van der Waals surface area contributed by atoms with Crippen LogP contribution in [0, 0.1) is 24.0 Å². The normalized spacial score (nSPS) is 11.0. The number of methoxy groups -OCH3 is 1. The molecule has 0 amide bonds. The van der Waals surface area contributed by atoms with Gasteiger partial charge in [0.15, 0.2) is 0 Å². The average Bonchev–Trinajstić information content (AvgIpc) is 3.01. The van der Waals surface area contributed by atoms with Gasteiger partial charge in [0, 0.05) is 41.0 Å². The van der Waals surface area contributed by atoms with Crippen LogP contribution in [0.15, 0.2) is 59.7 Å². The summed E-state index contributed by atoms with van der Waals surface area (Å²) in [6, 6.07) is 14.8. The summed E-state index contributed by atoms with van der Waals surface area (Å²) >= 11 is 0. The van der Waals surface area contributed by atoms with Crippen molar-refractivity contribution in [1.29, 1.82) is 0 Å². The summed E-state index contributed by atoms with van der Waals surface area (Å²) in [6.45, 7) is 3.72. The Morgan fingerprint density at radius 2 is 1.85 bits per heavy atom. The van der Waals surface area contributed by atoms with Gasteiger partial charge in [-0.15, -0.1) is 0 Å². The molecule has 0 spiro atoms. The van der Waals surface area contributed by atoms with Crippen LogP contribution in [-0.4, -0.2) is 22.8 Å². The van der Waals surface area contributed by atoms with Crippen molar-refractivity contribution in [3.63, 3.8) is 0 Å². The van der Waals surface area contributed by atoms with Crippen molar-refractivity contribution >= 4 is 17.6 Å². The molecule has 6 nitrogen and oxygen atoms in total. The van der Waals surface area contributed by atoms with E-state index in [-0.39, 0.29) is 5.69 Å². The Labute approximate surface area is 151 Å². The van der Waals surface area contributed by atoms with E-state index < -0.39 is 4.92 Å². The SMILES string of the molecule is COc1ccc(-n2cc(C=Nc3ccc(C)c([N+](=O)[O-])c3)cc2C)cc1. The van der Waals surface area contributed by atoms with E-state index in [2.05, 4.69) is 9.56 Å². The van der Waals surface area contributed by atoms with Crippen LogP contribution in [0.25, 0.3) is 5.69 Å². The summed E-state index contributed by atoms with van der Waals surface area (Å²) in [5.74, 6) is 0.807. The van der Waals surface area contributed by atoms with Gasteiger partial charge < -0.3 is 9.30 Å². The molecule has 0 radical (unpaired) electrons. The maximum Gasteiger partial charge on any atom is 0.274 e. The highest BCUT2D eigenvalue weighted by atomic mass is 16.6. The zero-order valence-corrected chi connectivity index (χ0v) is 14.8. The van der Waals surface area contributed by atoms with Gasteiger partial charge in [-0.2, -0.15) is 0 Å². The molecule has 0 N–H and O–H groups in total. The van der Waals surface area contributed by atoms with E-state index >= 15 is 0 Å². The molecule has 2 aromatic carbocycles. The Balaban J connectivity index is 1.86. The number of nitro groups is 1. The molecule has 0 bridgehead atoms. The monoisotopic (exact) mass is 349 g/mol. The number of nitrogens with zero attached hydrogens (tertiary/aromatic N) is 3. The maximum absolute atomic E-state index is 11.0. The first kappa shape index (κ1) is 17.4. The highest BCUT2D eigenvalue weighted by Crippen LogP contribution is 2.24. The number of hydrogen-bond acceptors (Lipinski definition) is 4. The van der Waals surface area contributed by atoms with E-state index in [4.69, 9.17) is 4.74 Å². The number of benzene rings is 2. The van der Waals surface area contributed by atoms with Gasteiger partial charge >= 0.3 is 0 Å². The molecule has 1 aromatic heterocycles. The summed E-state index contributed by atoms with van der Waals surface area (Å²) < 4.78 is 7.24. The van der Waals surface area contributed by atoms with Crippen LogP contribution >= 0.6 is 0 Å². The molecule has 0 fully saturated rings. The molecule has 3 rings (SSSR count). The number of aromatic nitrogens is 1. The van der Waals surface area contributed by atoms with Crippen LogP contribution < -0.4 is 4.74 Å². The van der Waals surface area contributed by atoms with Crippen molar-refractivity contribution in [2.45, 2.75) is 13.8 Å². The second kappa shape index (κ2) is 7.23. The quantitative estimate of drug-likeness (QED) is 0.379. The summed E-state index contributed by atoms with van der Waals surface area (Å²) in [5.41, 5.74) is 4.25. The molecule has 26 heavy (non-hydrogen) atoms. The molecule has 0 unspecified atom stereocenters. The predicted octanol–water partition coefficient (Wildman–Crippen LogP) is 4.76. The highest BCUT2D eigenvalue weighted by molar-refractivity contribution is 5.82. The van der Waals surface area contributed by atoms with Crippen molar-refractivity contribution < 1.29 is 9.66 Å². The lowest BCUT2D eigenvalue weighted by molar-refractivity contribution is -0.385. The number of aliphatic imine (C=N–C) groups is 1. The molecule has 1 heterocycles. The second-order valence-corrected chi connectivity index (χ2v) is 5.97. The van der Waals surface area contributed by atoms with Crippen LogP contribution in [0.4, 0.5) is 11.4 Å². The molecule has 0 aliphatic carbocycles. The fourth-order valence-corrected chi connectivity index (χ4v) is 2.71. The van der Waals surface area contributed by atoms with Crippen LogP contribution in [0.1, 0.15) is 16.8 Å². The third-order valence-corrected chi connectivity index (χ3v) is 4.14. The van der Waals surface area contributed by atoms with E-state index in [9.17, 15) is 10.1 Å². The molecule has 132 valence electrons. The van der Waals surface area contributed by atoms with Crippen molar-refractivity contribution in [2.75, 3.05) is 7.11 Å². The summed E-state index contributed by atoms with van der Waals surface area (Å²) in [6.07, 6.45) is 3.69. The van der Waals surface area contributed by atoms with Gasteiger partial charge in [-0.1, -0.05) is 6.07 Å². The molecular formula is C20H19N3O3. The Morgan fingerprint density at radius 3 is 2.50 bits per heavy atom. The number of rotatable bonds is 5. The molecule has 0 atom stereocenters. The van der Waals surface area contributed by atoms with Crippen molar-refractivity contribution in [1.82, 2.24) is 4.57 Å². The first-order valence-electron chi connectivity index (χ1n) is 8.10. The Hall–Kier alpha value is -3.41. The first-order chi connectivity index (χ1) is 12.5. The summed E-state index contributed by atoms with van der Waals surface area (Å²) in [5, 5.41) is 11.0. The third kappa shape index (κ3) is 3.64. The molecule has 0 saturated carbocycles. The van der Waals surface area contributed by atoms with E-state index in [0.717, 1.165) is 22.7 Å². The molecule has 0 aliphatic rings. The molecule has 3 aromatic rings. The topological polar surface area (TPSA) is 69.7 Å². The average molecular weight is 349 g/mol. The third-order valence-electron chi connectivity index (χ3n) is 4.14. The lowest BCUT2D eigenvalue weighted by Gasteiger charge is -2.06. The van der Waals surface area contributed by atoms with Gasteiger partial charge in [0.2, 0.25) is 0 Å². The number of ether oxygens (including phenoxy) is 1. The van der Waals surface area contributed by atoms with E-state index in [1.807, 2.05) is 43.5 Å². The minimum absolute atomic E-state index is 0.0756. The lowest BCUT2D eigenvalue weighted by atomic mass is 10.2. The van der Waals surface area contributed by atoms with Crippen LogP contribution in [0.2, 0.25) is 0 Å². The van der Waals surface area contributed by atoms with Crippen molar-refractivity contribution in [3.05, 3.63) is 81.7 Å². The largest absolute Gasteiger partial charge is 0.497 e. The van der Waals surface area contributed by atoms with Crippen LogP contribution in [0.5, 0.6) is 5.75 Å². The van der Waals surface area contributed by atoms with E-state index in [0.29, 0.717) is 11.3 Å². The molecule has 0 saturated heterocycles. The predicted molar refractivity (Wildman–Crippen MR) is 102 cm³/mol. The minimum atomic E-state index is -0.390. The standard InChI is InChI=1S/C20H19N3O3/c1-14-4-5-17(11-20(14)23(24)25)21-12-16-10-15(2)22(13-16)18-6-8-19(26-3)9-7-18/h4-13H,1-3H3. The summed E-state index contributed by atoms with van der Waals surface area (Å²) in [4.78, 5) is 15.0. The molecule has 6 heteroatoms. The zero-order chi connectivity index (χ0) is 18.7. The summed E-state index contributed by atoms with van der Waals surface area (Å²) in [7, 11) is 1.64. The van der Waals surface area contributed by atoms with Gasteiger partial charge in [0.1, 0.15) is 5.75 Å². The van der Waals surface area contributed by atoms with E-state index in [1.165, 1.54) is 6.07 Å². The van der Waals surface area contributed by atoms with Gasteiger partial charge in [-0.3, -0.25) is 15.1 Å². The first-order valence-corrected chi connectivity index (χ1v) is 8.10. The van der Waals surface area contributed by atoms with Gasteiger partial charge in [-0.25, -0.2) is 0 Å². The van der Waals surface area contributed by atoms with Gasteiger partial charge in [0.25, 0.3) is 5.69 Å². The van der Waals surface area contributed by atoms with E-state index in [1.54, 1.807) is 32.4 Å². The fraction of sp³-hybridized carbons (Fsp3) is 0.150. The number of hydrogen-bond donors (Lipinski definition) is 0. The second-order valence-electron chi connectivity index (χ2n) is 5.97. The van der Waals surface area contributed by atoms with Crippen molar-refractivity contribution in [2.24, 2.45) is 4.99 Å². The minimum Gasteiger partial charge on any atom is -0.497 e. The Morgan fingerprint density at radius 1 is 1.12 bits per heavy atom. The van der Waals surface area contributed by atoms with Crippen LogP contribution in [0.3, 0.4) is 0 Å². The highest BCUT2D eigenvalue weighted by Gasteiger charge is 2.10. The fourth-order valence-electron chi connectivity index (χ4n) is 2.71. The molecular weight excluding hydrogens is 330 g/mol. The zero-order valence-electron chi connectivity index (χ0n) is 14.8. The van der Waals surface area contributed by atoms with Gasteiger partial charge in [0.05, 0.1) is 17.7 Å². The number of aryl methyl sites for hydroxylation is 2. The smallest absolute Gasteiger partial charge is 0.274 e. The Bertz CT molecular complexity index is 972. The van der Waals surface area contributed by atoms with Crippen LogP contribution in [-0.2, 0) is 0 Å². The molecule has 0 aliphatic heterocycles. The maximum atomic E-state index is 11.0. The van der Waals surface area contributed by atoms with Gasteiger partial charge in [-0.05, 0) is 50.2 Å². The Kier molecular flexibility index (Phi) is 4.84. The lowest BCUT2D eigenvalue weighted by Crippen LogP contribution is -1.94. The van der Waals surface area contributed by atoms with Crippen molar-refractivity contribution in [3.8, 4) is 11.4 Å². The number of nitro benzene ring substituents is 1.